The van der Waals surface area contributed by atoms with Crippen LogP contribution in [0.4, 0.5) is 10.1 Å². The van der Waals surface area contributed by atoms with Crippen molar-refractivity contribution in [1.82, 2.24) is 0 Å². The van der Waals surface area contributed by atoms with Gasteiger partial charge in [0.15, 0.2) is 17.2 Å². The minimum atomic E-state index is -0.730. The van der Waals surface area contributed by atoms with Crippen molar-refractivity contribution >= 4 is 35.2 Å². The summed E-state index contributed by atoms with van der Waals surface area (Å²) in [6, 6.07) is 14.9. The third-order valence-electron chi connectivity index (χ3n) is 4.81. The highest BCUT2D eigenvalue weighted by atomic mass is 35.5. The molecule has 10 heteroatoms. The van der Waals surface area contributed by atoms with E-state index in [1.54, 1.807) is 30.3 Å². The lowest BCUT2D eigenvalue weighted by Gasteiger charge is -2.13. The average molecular weight is 483 g/mol. The second-order valence-electron chi connectivity index (χ2n) is 7.06. The van der Waals surface area contributed by atoms with Gasteiger partial charge in [-0.05, 0) is 53.6 Å². The lowest BCUT2D eigenvalue weighted by Crippen LogP contribution is -2.07. The first-order chi connectivity index (χ1) is 16.4. The number of methoxy groups -OCH3 is 1. The number of aliphatic imine (C=N–C) groups is 1. The highest BCUT2D eigenvalue weighted by molar-refractivity contribution is 6.32. The molecule has 1 aliphatic heterocycles. The van der Waals surface area contributed by atoms with Crippen LogP contribution in [0.1, 0.15) is 16.7 Å². The highest BCUT2D eigenvalue weighted by Crippen LogP contribution is 2.38. The molecule has 1 aliphatic rings. The number of hydrogen-bond donors (Lipinski definition) is 0. The van der Waals surface area contributed by atoms with E-state index in [0.29, 0.717) is 16.9 Å². The molecule has 0 radical (unpaired) electrons. The molecule has 3 aromatic rings. The number of hydrogen-bond acceptors (Lipinski definition) is 7. The maximum absolute atomic E-state index is 14.0. The third kappa shape index (κ3) is 4.89. The van der Waals surface area contributed by atoms with Crippen molar-refractivity contribution in [3.8, 4) is 11.5 Å². The highest BCUT2D eigenvalue weighted by Gasteiger charge is 2.26. The van der Waals surface area contributed by atoms with Gasteiger partial charge in [-0.1, -0.05) is 23.7 Å². The third-order valence-corrected chi connectivity index (χ3v) is 5.09. The Morgan fingerprint density at radius 1 is 1.18 bits per heavy atom. The Morgan fingerprint density at radius 3 is 2.59 bits per heavy atom. The van der Waals surface area contributed by atoms with Crippen LogP contribution >= 0.6 is 11.6 Å². The van der Waals surface area contributed by atoms with Crippen molar-refractivity contribution in [2.75, 3.05) is 7.11 Å². The number of nitro groups is 1. The number of carbonyl (C=O) groups is 1. The van der Waals surface area contributed by atoms with Gasteiger partial charge in [0.05, 0.1) is 22.6 Å². The van der Waals surface area contributed by atoms with Crippen LogP contribution < -0.4 is 9.47 Å². The lowest BCUT2D eigenvalue weighted by atomic mass is 10.1. The standard InChI is InChI=1S/C24H16ClFN2O6/c1-32-21-12-15(11-20-24(29)34-23(27-20)17-4-2-3-5-19(17)26)10-18(25)22(21)33-13-14-6-8-16(9-7-14)28(30)31/h2-12H,13H2,1H3/b20-11-. The van der Waals surface area contributed by atoms with Gasteiger partial charge in [0, 0.05) is 12.1 Å². The second kappa shape index (κ2) is 9.72. The zero-order valence-corrected chi connectivity index (χ0v) is 18.4. The fraction of sp³-hybridized carbons (Fsp3) is 0.0833. The quantitative estimate of drug-likeness (QED) is 0.195. The van der Waals surface area contributed by atoms with Crippen LogP contribution in [-0.2, 0) is 16.1 Å². The van der Waals surface area contributed by atoms with Crippen LogP contribution in [0.25, 0.3) is 6.08 Å². The Morgan fingerprint density at radius 2 is 1.91 bits per heavy atom. The van der Waals surface area contributed by atoms with Crippen molar-refractivity contribution in [1.29, 1.82) is 0 Å². The maximum atomic E-state index is 14.0. The minimum absolute atomic E-state index is 0.0250. The van der Waals surface area contributed by atoms with Crippen LogP contribution in [0.5, 0.6) is 11.5 Å². The van der Waals surface area contributed by atoms with Gasteiger partial charge >= 0.3 is 5.97 Å². The summed E-state index contributed by atoms with van der Waals surface area (Å²) in [4.78, 5) is 26.6. The molecule has 34 heavy (non-hydrogen) atoms. The summed E-state index contributed by atoms with van der Waals surface area (Å²) in [5, 5.41) is 11.0. The second-order valence-corrected chi connectivity index (χ2v) is 7.47. The Labute approximate surface area is 198 Å². The van der Waals surface area contributed by atoms with Crippen LogP contribution in [0.15, 0.2) is 71.4 Å². The van der Waals surface area contributed by atoms with E-state index in [4.69, 9.17) is 25.8 Å². The maximum Gasteiger partial charge on any atom is 0.363 e. The molecule has 0 aromatic heterocycles. The summed E-state index contributed by atoms with van der Waals surface area (Å²) < 4.78 is 30.3. The van der Waals surface area contributed by atoms with Crippen LogP contribution in [0, 0.1) is 15.9 Å². The molecular weight excluding hydrogens is 467 g/mol. The molecule has 3 aromatic carbocycles. The van der Waals surface area contributed by atoms with E-state index in [-0.39, 0.29) is 40.2 Å². The van der Waals surface area contributed by atoms with E-state index < -0.39 is 16.7 Å². The van der Waals surface area contributed by atoms with E-state index in [1.165, 1.54) is 43.5 Å². The Kier molecular flexibility index (Phi) is 6.55. The monoisotopic (exact) mass is 482 g/mol. The number of non-ortho nitro benzene ring substituents is 1. The van der Waals surface area contributed by atoms with Crippen LogP contribution in [0.2, 0.25) is 5.02 Å². The molecule has 0 atom stereocenters. The average Bonchev–Trinajstić information content (AvgIpc) is 3.18. The van der Waals surface area contributed by atoms with E-state index in [9.17, 15) is 19.3 Å². The van der Waals surface area contributed by atoms with Gasteiger partial charge < -0.3 is 14.2 Å². The Hall–Kier alpha value is -4.24. The predicted octanol–water partition coefficient (Wildman–Crippen LogP) is 5.32. The molecule has 0 unspecified atom stereocenters. The number of esters is 1. The Balaban J connectivity index is 1.57. The molecule has 0 N–H and O–H groups in total. The van der Waals surface area contributed by atoms with Gasteiger partial charge in [-0.2, -0.15) is 0 Å². The molecule has 0 amide bonds. The van der Waals surface area contributed by atoms with E-state index >= 15 is 0 Å². The molecule has 8 nitrogen and oxygen atoms in total. The SMILES string of the molecule is COc1cc(/C=C2\N=C(c3ccccc3F)OC2=O)cc(Cl)c1OCc1ccc([N+](=O)[O-])cc1. The number of nitro benzene ring substituents is 1. The number of rotatable bonds is 7. The van der Waals surface area contributed by atoms with E-state index in [0.717, 1.165) is 0 Å². The smallest absolute Gasteiger partial charge is 0.363 e. The molecule has 1 heterocycles. The summed E-state index contributed by atoms with van der Waals surface area (Å²) >= 11 is 6.39. The lowest BCUT2D eigenvalue weighted by molar-refractivity contribution is -0.384. The van der Waals surface area contributed by atoms with Crippen molar-refractivity contribution < 1.29 is 28.3 Å². The van der Waals surface area contributed by atoms with Gasteiger partial charge in [-0.3, -0.25) is 10.1 Å². The van der Waals surface area contributed by atoms with Gasteiger partial charge in [-0.25, -0.2) is 14.2 Å². The number of cyclic esters (lactones) is 1. The molecule has 0 aliphatic carbocycles. The largest absolute Gasteiger partial charge is 0.493 e. The topological polar surface area (TPSA) is 100 Å². The minimum Gasteiger partial charge on any atom is -0.493 e. The summed E-state index contributed by atoms with van der Waals surface area (Å²) in [5.74, 6) is -0.864. The van der Waals surface area contributed by atoms with E-state index in [1.807, 2.05) is 0 Å². The van der Waals surface area contributed by atoms with Gasteiger partial charge in [-0.15, -0.1) is 0 Å². The van der Waals surface area contributed by atoms with Gasteiger partial charge in [0.25, 0.3) is 5.69 Å². The first kappa shape index (κ1) is 22.9. The zero-order valence-electron chi connectivity index (χ0n) is 17.7. The Bertz CT molecular complexity index is 1340. The van der Waals surface area contributed by atoms with Crippen molar-refractivity contribution in [3.63, 3.8) is 0 Å². The van der Waals surface area contributed by atoms with Crippen molar-refractivity contribution in [2.45, 2.75) is 6.61 Å². The molecule has 0 saturated carbocycles. The zero-order chi connectivity index (χ0) is 24.2. The summed E-state index contributed by atoms with van der Waals surface area (Å²) in [5.41, 5.74) is 1.19. The summed E-state index contributed by atoms with van der Waals surface area (Å²) in [6.45, 7) is 0.0944. The van der Waals surface area contributed by atoms with Crippen molar-refractivity contribution in [3.05, 3.63) is 104 Å². The van der Waals surface area contributed by atoms with Crippen molar-refractivity contribution in [2.24, 2.45) is 4.99 Å². The normalized spacial score (nSPS) is 14.0. The summed E-state index contributed by atoms with van der Waals surface area (Å²) in [6.07, 6.45) is 1.44. The summed E-state index contributed by atoms with van der Waals surface area (Å²) in [7, 11) is 1.43. The molecule has 172 valence electrons. The van der Waals surface area contributed by atoms with E-state index in [2.05, 4.69) is 4.99 Å². The molecule has 0 bridgehead atoms. The number of benzene rings is 3. The molecule has 4 rings (SSSR count). The van der Waals surface area contributed by atoms with Gasteiger partial charge in [0.1, 0.15) is 12.4 Å². The molecule has 0 spiro atoms. The fourth-order valence-electron chi connectivity index (χ4n) is 3.15. The first-order valence-corrected chi connectivity index (χ1v) is 10.2. The first-order valence-electron chi connectivity index (χ1n) is 9.87. The number of carbonyl (C=O) groups excluding carboxylic acids is 1. The predicted molar refractivity (Wildman–Crippen MR) is 122 cm³/mol. The number of halogens is 2. The van der Waals surface area contributed by atoms with Crippen LogP contribution in [0.3, 0.4) is 0 Å². The molecule has 0 fully saturated rings. The van der Waals surface area contributed by atoms with Gasteiger partial charge in [0.2, 0.25) is 5.90 Å². The number of nitrogens with zero attached hydrogens (tertiary/aromatic N) is 2. The molecular formula is C24H16ClFN2O6. The molecule has 0 saturated heterocycles. The number of ether oxygens (including phenoxy) is 3. The van der Waals surface area contributed by atoms with Crippen LogP contribution in [-0.4, -0.2) is 23.9 Å². The fourth-order valence-corrected chi connectivity index (χ4v) is 3.42.